The molecule has 3 N–H and O–H groups in total. The standard InChI is InChI=1S/C29H28N6O4/c1-37-22-15-19(16-23(38-2)26(22)39-3)17-32-35-27(30)24(29(36)31-14-13-18-9-5-4-6-10-18)25-28(35)34-21-12-8-7-11-20(21)33-25/h4-12,15-17H,13-14,30H2,1-3H3,(H,31,36). The van der Waals surface area contributed by atoms with Crippen LogP contribution in [0.5, 0.6) is 17.2 Å². The minimum Gasteiger partial charge on any atom is -0.493 e. The average molecular weight is 525 g/mol. The quantitative estimate of drug-likeness (QED) is 0.279. The zero-order valence-electron chi connectivity index (χ0n) is 21.8. The Labute approximate surface area is 225 Å². The maximum atomic E-state index is 13.4. The number of carbonyl (C=O) groups is 1. The summed E-state index contributed by atoms with van der Waals surface area (Å²) in [4.78, 5) is 22.8. The highest BCUT2D eigenvalue weighted by atomic mass is 16.5. The van der Waals surface area contributed by atoms with Crippen molar-refractivity contribution in [2.24, 2.45) is 5.10 Å². The molecule has 5 aromatic rings. The maximum Gasteiger partial charge on any atom is 0.257 e. The van der Waals surface area contributed by atoms with Gasteiger partial charge in [-0.2, -0.15) is 9.78 Å². The van der Waals surface area contributed by atoms with Crippen LogP contribution in [0.1, 0.15) is 21.5 Å². The van der Waals surface area contributed by atoms with Gasteiger partial charge in [-0.1, -0.05) is 42.5 Å². The average Bonchev–Trinajstić information content (AvgIpc) is 3.24. The van der Waals surface area contributed by atoms with Gasteiger partial charge in [0.1, 0.15) is 16.9 Å². The number of hydrogen-bond acceptors (Lipinski definition) is 8. The summed E-state index contributed by atoms with van der Waals surface area (Å²) in [6.45, 7) is 0.435. The van der Waals surface area contributed by atoms with Crippen LogP contribution in [-0.4, -0.2) is 54.6 Å². The van der Waals surface area contributed by atoms with Gasteiger partial charge in [-0.3, -0.25) is 4.79 Å². The van der Waals surface area contributed by atoms with Crippen molar-refractivity contribution < 1.29 is 19.0 Å². The Balaban J connectivity index is 1.55. The molecule has 0 aliphatic rings. The van der Waals surface area contributed by atoms with Crippen LogP contribution >= 0.6 is 0 Å². The molecule has 0 radical (unpaired) electrons. The summed E-state index contributed by atoms with van der Waals surface area (Å²) in [6, 6.07) is 20.9. The zero-order valence-corrected chi connectivity index (χ0v) is 21.8. The number of carbonyl (C=O) groups excluding carboxylic acids is 1. The second-order valence-electron chi connectivity index (χ2n) is 8.65. The minimum atomic E-state index is -0.347. The summed E-state index contributed by atoms with van der Waals surface area (Å²) in [6.07, 6.45) is 2.26. The highest BCUT2D eigenvalue weighted by molar-refractivity contribution is 6.10. The number of ether oxygens (including phenoxy) is 3. The highest BCUT2D eigenvalue weighted by Crippen LogP contribution is 2.38. The molecule has 3 aromatic carbocycles. The van der Waals surface area contributed by atoms with E-state index in [1.165, 1.54) is 11.8 Å². The van der Waals surface area contributed by atoms with Crippen LogP contribution in [0.25, 0.3) is 22.2 Å². The van der Waals surface area contributed by atoms with Crippen LogP contribution in [0, 0.1) is 0 Å². The van der Waals surface area contributed by atoms with Gasteiger partial charge in [0.05, 0.1) is 38.6 Å². The molecular weight excluding hydrogens is 496 g/mol. The number of nitrogens with one attached hydrogen (secondary N) is 1. The number of fused-ring (bicyclic) bond motifs is 2. The van der Waals surface area contributed by atoms with E-state index in [0.29, 0.717) is 58.0 Å². The van der Waals surface area contributed by atoms with Crippen molar-refractivity contribution in [1.29, 1.82) is 0 Å². The number of nitrogens with two attached hydrogens (primary N) is 1. The predicted octanol–water partition coefficient (Wildman–Crippen LogP) is 4.05. The van der Waals surface area contributed by atoms with Gasteiger partial charge >= 0.3 is 0 Å². The first-order chi connectivity index (χ1) is 19.0. The molecule has 39 heavy (non-hydrogen) atoms. The number of amides is 1. The van der Waals surface area contributed by atoms with E-state index in [-0.39, 0.29) is 17.3 Å². The monoisotopic (exact) mass is 524 g/mol. The van der Waals surface area contributed by atoms with Crippen molar-refractivity contribution in [2.75, 3.05) is 33.6 Å². The van der Waals surface area contributed by atoms with E-state index in [1.807, 2.05) is 54.6 Å². The third-order valence-corrected chi connectivity index (χ3v) is 6.25. The van der Waals surface area contributed by atoms with Gasteiger partial charge in [0.2, 0.25) is 5.75 Å². The second kappa shape index (κ2) is 11.1. The van der Waals surface area contributed by atoms with Crippen molar-refractivity contribution in [2.45, 2.75) is 6.42 Å². The van der Waals surface area contributed by atoms with Gasteiger partial charge in [0.15, 0.2) is 17.1 Å². The summed E-state index contributed by atoms with van der Waals surface area (Å²) < 4.78 is 17.7. The maximum absolute atomic E-state index is 13.4. The number of anilines is 1. The molecule has 0 saturated heterocycles. The van der Waals surface area contributed by atoms with Gasteiger partial charge in [-0.25, -0.2) is 9.97 Å². The van der Waals surface area contributed by atoms with Gasteiger partial charge in [0.25, 0.3) is 5.91 Å². The fourth-order valence-corrected chi connectivity index (χ4v) is 4.34. The normalized spacial score (nSPS) is 11.3. The zero-order chi connectivity index (χ0) is 27.4. The SMILES string of the molecule is COc1cc(C=Nn2c(N)c(C(=O)NCCc3ccccc3)c3nc4ccccc4nc32)cc(OC)c1OC. The number of benzene rings is 3. The summed E-state index contributed by atoms with van der Waals surface area (Å²) in [5.41, 5.74) is 10.6. The Morgan fingerprint density at radius 3 is 2.23 bits per heavy atom. The van der Waals surface area contributed by atoms with Crippen LogP contribution in [0.2, 0.25) is 0 Å². The van der Waals surface area contributed by atoms with E-state index in [2.05, 4.69) is 10.4 Å². The molecular formula is C29H28N6O4. The number of para-hydroxylation sites is 2. The molecule has 2 heterocycles. The molecule has 0 spiro atoms. The summed E-state index contributed by atoms with van der Waals surface area (Å²) >= 11 is 0. The first-order valence-corrected chi connectivity index (χ1v) is 12.3. The number of nitrogens with zero attached hydrogens (tertiary/aromatic N) is 4. The van der Waals surface area contributed by atoms with Crippen LogP contribution in [0.3, 0.4) is 0 Å². The molecule has 0 atom stereocenters. The van der Waals surface area contributed by atoms with Crippen LogP contribution in [0.15, 0.2) is 71.8 Å². The predicted molar refractivity (Wildman–Crippen MR) is 151 cm³/mol. The van der Waals surface area contributed by atoms with E-state index in [4.69, 9.17) is 29.9 Å². The van der Waals surface area contributed by atoms with Crippen LogP contribution in [-0.2, 0) is 6.42 Å². The smallest absolute Gasteiger partial charge is 0.257 e. The van der Waals surface area contributed by atoms with Crippen molar-refractivity contribution in [1.82, 2.24) is 20.0 Å². The van der Waals surface area contributed by atoms with Crippen molar-refractivity contribution in [3.05, 3.63) is 83.4 Å². The van der Waals surface area contributed by atoms with E-state index in [9.17, 15) is 4.79 Å². The Kier molecular flexibility index (Phi) is 7.26. The molecule has 0 aliphatic carbocycles. The molecule has 0 unspecified atom stereocenters. The van der Waals surface area contributed by atoms with E-state index >= 15 is 0 Å². The molecule has 5 rings (SSSR count). The molecule has 2 aromatic heterocycles. The second-order valence-corrected chi connectivity index (χ2v) is 8.65. The molecule has 198 valence electrons. The summed E-state index contributed by atoms with van der Waals surface area (Å²) in [7, 11) is 4.62. The molecule has 1 amide bonds. The Morgan fingerprint density at radius 1 is 0.949 bits per heavy atom. The third-order valence-electron chi connectivity index (χ3n) is 6.25. The molecule has 0 aliphatic heterocycles. The Bertz CT molecular complexity index is 1660. The molecule has 0 fully saturated rings. The Hall–Kier alpha value is -5.12. The van der Waals surface area contributed by atoms with Gasteiger partial charge < -0.3 is 25.3 Å². The molecule has 0 saturated carbocycles. The lowest BCUT2D eigenvalue weighted by Crippen LogP contribution is -2.26. The third kappa shape index (κ3) is 5.04. The van der Waals surface area contributed by atoms with E-state index in [1.54, 1.807) is 32.6 Å². The van der Waals surface area contributed by atoms with Gasteiger partial charge in [-0.05, 0) is 36.2 Å². The number of aromatic nitrogens is 3. The number of nitrogen functional groups attached to an aromatic ring is 1. The van der Waals surface area contributed by atoms with Crippen molar-refractivity contribution in [3.8, 4) is 17.2 Å². The molecule has 10 nitrogen and oxygen atoms in total. The van der Waals surface area contributed by atoms with E-state index in [0.717, 1.165) is 5.56 Å². The molecule has 10 heteroatoms. The summed E-state index contributed by atoms with van der Waals surface area (Å²) in [5.74, 6) is 1.21. The fraction of sp³-hybridized carbons (Fsp3) is 0.172. The highest BCUT2D eigenvalue weighted by Gasteiger charge is 2.24. The fourth-order valence-electron chi connectivity index (χ4n) is 4.34. The topological polar surface area (TPSA) is 126 Å². The van der Waals surface area contributed by atoms with Crippen LogP contribution in [0.4, 0.5) is 5.82 Å². The van der Waals surface area contributed by atoms with Gasteiger partial charge in [-0.15, -0.1) is 0 Å². The van der Waals surface area contributed by atoms with Crippen LogP contribution < -0.4 is 25.3 Å². The summed E-state index contributed by atoms with van der Waals surface area (Å²) in [5, 5.41) is 7.54. The number of rotatable bonds is 9. The lowest BCUT2D eigenvalue weighted by atomic mass is 10.1. The molecule has 0 bridgehead atoms. The Morgan fingerprint density at radius 2 is 1.59 bits per heavy atom. The first-order valence-electron chi connectivity index (χ1n) is 12.3. The minimum absolute atomic E-state index is 0.126. The first kappa shape index (κ1) is 25.5. The lowest BCUT2D eigenvalue weighted by Gasteiger charge is -2.12. The van der Waals surface area contributed by atoms with E-state index < -0.39 is 0 Å². The lowest BCUT2D eigenvalue weighted by molar-refractivity contribution is 0.0956. The van der Waals surface area contributed by atoms with Gasteiger partial charge in [0, 0.05) is 12.1 Å². The van der Waals surface area contributed by atoms with Crippen molar-refractivity contribution >= 4 is 40.1 Å². The van der Waals surface area contributed by atoms with Crippen molar-refractivity contribution in [3.63, 3.8) is 0 Å². The number of hydrogen-bond donors (Lipinski definition) is 2. The largest absolute Gasteiger partial charge is 0.493 e. The number of methoxy groups -OCH3 is 3.